The summed E-state index contributed by atoms with van der Waals surface area (Å²) in [6.07, 6.45) is 0.630. The zero-order valence-corrected chi connectivity index (χ0v) is 20.8. The molecule has 1 aromatic carbocycles. The van der Waals surface area contributed by atoms with E-state index in [1.165, 1.54) is 11.8 Å². The normalized spacial score (nSPS) is 14.4. The fraction of sp³-hybridized carbons (Fsp3) is 0.360. The van der Waals surface area contributed by atoms with E-state index in [0.717, 1.165) is 35.8 Å². The van der Waals surface area contributed by atoms with Crippen LogP contribution in [0.15, 0.2) is 52.1 Å². The van der Waals surface area contributed by atoms with Crippen LogP contribution in [0.3, 0.4) is 0 Å². The molecule has 0 aliphatic carbocycles. The Morgan fingerprint density at radius 2 is 1.91 bits per heavy atom. The second-order valence-electron chi connectivity index (χ2n) is 8.13. The molecule has 184 valence electrons. The smallest absolute Gasteiger partial charge is 0.341 e. The van der Waals surface area contributed by atoms with Crippen molar-refractivity contribution in [3.8, 4) is 0 Å². The molecule has 35 heavy (non-hydrogen) atoms. The minimum Gasteiger partial charge on any atom is -0.449 e. The Labute approximate surface area is 208 Å². The lowest BCUT2D eigenvalue weighted by Crippen LogP contribution is -2.36. The molecule has 1 atom stereocenters. The predicted molar refractivity (Wildman–Crippen MR) is 133 cm³/mol. The molecule has 0 spiro atoms. The number of aryl methyl sites for hydroxylation is 2. The number of anilines is 2. The van der Waals surface area contributed by atoms with E-state index in [1.807, 2.05) is 38.1 Å². The minimum absolute atomic E-state index is 0.304. The van der Waals surface area contributed by atoms with Crippen LogP contribution in [0, 0.1) is 13.8 Å². The number of carbonyl (C=O) groups is 2. The Balaban J connectivity index is 1.34. The Hall–Kier alpha value is -3.37. The van der Waals surface area contributed by atoms with Gasteiger partial charge in [-0.1, -0.05) is 5.16 Å². The molecular weight excluding hydrogens is 468 g/mol. The highest BCUT2D eigenvalue weighted by Crippen LogP contribution is 2.28. The number of carbonyl (C=O) groups excluding carboxylic acids is 2. The molecule has 1 aliphatic heterocycles. The number of ether oxygens (including phenoxy) is 2. The van der Waals surface area contributed by atoms with Crippen molar-refractivity contribution in [2.75, 3.05) is 36.5 Å². The lowest BCUT2D eigenvalue weighted by molar-refractivity contribution is -0.123. The number of aromatic nitrogens is 2. The van der Waals surface area contributed by atoms with Gasteiger partial charge >= 0.3 is 5.97 Å². The first-order chi connectivity index (χ1) is 16.9. The molecule has 0 bridgehead atoms. The molecule has 2 aromatic heterocycles. The first-order valence-electron chi connectivity index (χ1n) is 11.4. The summed E-state index contributed by atoms with van der Waals surface area (Å²) < 4.78 is 16.0. The molecule has 1 amide bonds. The van der Waals surface area contributed by atoms with Gasteiger partial charge in [-0.25, -0.2) is 9.78 Å². The Morgan fingerprint density at radius 1 is 1.17 bits per heavy atom. The number of rotatable bonds is 8. The summed E-state index contributed by atoms with van der Waals surface area (Å²) in [6, 6.07) is 10.9. The van der Waals surface area contributed by atoms with E-state index in [4.69, 9.17) is 14.0 Å². The number of hydrogen-bond acceptors (Lipinski definition) is 9. The van der Waals surface area contributed by atoms with Gasteiger partial charge in [-0.15, -0.1) is 11.8 Å². The molecule has 4 rings (SSSR count). The van der Waals surface area contributed by atoms with Crippen LogP contribution in [0.4, 0.5) is 11.4 Å². The summed E-state index contributed by atoms with van der Waals surface area (Å²) in [4.78, 5) is 32.1. The molecule has 3 aromatic rings. The number of thioether (sulfide) groups is 1. The van der Waals surface area contributed by atoms with E-state index < -0.39 is 18.0 Å². The number of nitrogens with zero attached hydrogens (tertiary/aromatic N) is 3. The lowest BCUT2D eigenvalue weighted by Gasteiger charge is -2.28. The van der Waals surface area contributed by atoms with E-state index in [-0.39, 0.29) is 0 Å². The SMILES string of the molecule is Cc1noc(C)c1CSc1ncccc1C(=O)OC(C)C(=O)Nc1ccc(N2CCOCC2)cc1. The van der Waals surface area contributed by atoms with Crippen molar-refractivity contribution in [2.45, 2.75) is 37.7 Å². The third kappa shape index (κ3) is 6.20. The van der Waals surface area contributed by atoms with Crippen molar-refractivity contribution in [2.24, 2.45) is 0 Å². The van der Waals surface area contributed by atoms with Gasteiger partial charge in [0.15, 0.2) is 6.10 Å². The van der Waals surface area contributed by atoms with Crippen LogP contribution in [0.2, 0.25) is 0 Å². The van der Waals surface area contributed by atoms with Crippen molar-refractivity contribution < 1.29 is 23.6 Å². The third-order valence-corrected chi connectivity index (χ3v) is 6.72. The molecule has 1 aliphatic rings. The number of amides is 1. The molecule has 1 fully saturated rings. The van der Waals surface area contributed by atoms with Crippen molar-refractivity contribution in [1.29, 1.82) is 0 Å². The molecule has 1 unspecified atom stereocenters. The molecule has 10 heteroatoms. The maximum atomic E-state index is 12.8. The predicted octanol–water partition coefficient (Wildman–Crippen LogP) is 4.00. The van der Waals surface area contributed by atoms with Gasteiger partial charge in [-0.2, -0.15) is 0 Å². The van der Waals surface area contributed by atoms with Crippen molar-refractivity contribution in [3.63, 3.8) is 0 Å². The van der Waals surface area contributed by atoms with Gasteiger partial charge in [-0.05, 0) is 57.2 Å². The standard InChI is InChI=1S/C25H28N4O5S/c1-16-22(17(2)34-28-16)15-35-24-21(5-4-10-26-24)25(31)33-18(3)23(30)27-19-6-8-20(9-7-19)29-11-13-32-14-12-29/h4-10,18H,11-15H2,1-3H3,(H,27,30). The Morgan fingerprint density at radius 3 is 2.60 bits per heavy atom. The summed E-state index contributed by atoms with van der Waals surface area (Å²) in [5.41, 5.74) is 3.78. The summed E-state index contributed by atoms with van der Waals surface area (Å²) >= 11 is 1.39. The molecule has 0 saturated carbocycles. The molecule has 0 radical (unpaired) electrons. The molecular formula is C25H28N4O5S. The number of hydrogen-bond donors (Lipinski definition) is 1. The van der Waals surface area contributed by atoms with E-state index >= 15 is 0 Å². The van der Waals surface area contributed by atoms with Crippen LogP contribution in [-0.4, -0.2) is 54.4 Å². The average Bonchev–Trinajstić information content (AvgIpc) is 3.20. The van der Waals surface area contributed by atoms with E-state index in [0.29, 0.717) is 35.2 Å². The Kier molecular flexibility index (Phi) is 8.04. The minimum atomic E-state index is -0.984. The molecule has 3 heterocycles. The molecule has 1 N–H and O–H groups in total. The number of pyridine rings is 1. The van der Waals surface area contributed by atoms with Crippen molar-refractivity contribution >= 4 is 35.0 Å². The number of nitrogens with one attached hydrogen (secondary N) is 1. The number of esters is 1. The topological polar surface area (TPSA) is 107 Å². The molecule has 9 nitrogen and oxygen atoms in total. The Bertz CT molecular complexity index is 1160. The second-order valence-corrected chi connectivity index (χ2v) is 9.09. The first-order valence-corrected chi connectivity index (χ1v) is 12.3. The van der Waals surface area contributed by atoms with Gasteiger partial charge < -0.3 is 24.2 Å². The van der Waals surface area contributed by atoms with Crippen LogP contribution in [0.1, 0.15) is 34.3 Å². The quantitative estimate of drug-likeness (QED) is 0.366. The van der Waals surface area contributed by atoms with E-state index in [1.54, 1.807) is 25.3 Å². The van der Waals surface area contributed by atoms with E-state index in [9.17, 15) is 9.59 Å². The second kappa shape index (κ2) is 11.4. The van der Waals surface area contributed by atoms with Crippen LogP contribution in [0.25, 0.3) is 0 Å². The van der Waals surface area contributed by atoms with Crippen LogP contribution >= 0.6 is 11.8 Å². The number of morpholine rings is 1. The zero-order chi connectivity index (χ0) is 24.8. The summed E-state index contributed by atoms with van der Waals surface area (Å²) in [6.45, 7) is 8.35. The fourth-order valence-electron chi connectivity index (χ4n) is 3.61. The van der Waals surface area contributed by atoms with Gasteiger partial charge in [0, 0.05) is 42.0 Å². The van der Waals surface area contributed by atoms with Crippen LogP contribution < -0.4 is 10.2 Å². The van der Waals surface area contributed by atoms with Gasteiger partial charge in [-0.3, -0.25) is 4.79 Å². The highest BCUT2D eigenvalue weighted by molar-refractivity contribution is 7.98. The van der Waals surface area contributed by atoms with Gasteiger partial charge in [0.05, 0.1) is 24.5 Å². The summed E-state index contributed by atoms with van der Waals surface area (Å²) in [7, 11) is 0. The average molecular weight is 497 g/mol. The fourth-order valence-corrected chi connectivity index (χ4v) is 4.74. The summed E-state index contributed by atoms with van der Waals surface area (Å²) in [5, 5.41) is 7.27. The van der Waals surface area contributed by atoms with Crippen molar-refractivity contribution in [3.05, 3.63) is 65.2 Å². The molecule has 1 saturated heterocycles. The van der Waals surface area contributed by atoms with Crippen LogP contribution in [0.5, 0.6) is 0 Å². The van der Waals surface area contributed by atoms with Crippen LogP contribution in [-0.2, 0) is 20.0 Å². The van der Waals surface area contributed by atoms with E-state index in [2.05, 4.69) is 20.4 Å². The first kappa shape index (κ1) is 24.7. The maximum Gasteiger partial charge on any atom is 0.341 e. The zero-order valence-electron chi connectivity index (χ0n) is 19.9. The highest BCUT2D eigenvalue weighted by Gasteiger charge is 2.22. The van der Waals surface area contributed by atoms with Gasteiger partial charge in [0.1, 0.15) is 10.8 Å². The third-order valence-electron chi connectivity index (χ3n) is 5.69. The van der Waals surface area contributed by atoms with Gasteiger partial charge in [0.2, 0.25) is 0 Å². The number of benzene rings is 1. The monoisotopic (exact) mass is 496 g/mol. The maximum absolute atomic E-state index is 12.8. The van der Waals surface area contributed by atoms with Gasteiger partial charge in [0.25, 0.3) is 5.91 Å². The van der Waals surface area contributed by atoms with Crippen molar-refractivity contribution in [1.82, 2.24) is 10.1 Å². The lowest BCUT2D eigenvalue weighted by atomic mass is 10.2. The largest absolute Gasteiger partial charge is 0.449 e. The highest BCUT2D eigenvalue weighted by atomic mass is 32.2. The summed E-state index contributed by atoms with van der Waals surface area (Å²) in [5.74, 6) is 0.267.